The molecule has 2 nitrogen and oxygen atoms in total. The number of fused-ring (bicyclic) bond motifs is 3. The van der Waals surface area contributed by atoms with Gasteiger partial charge in [0.1, 0.15) is 0 Å². The van der Waals surface area contributed by atoms with Crippen molar-refractivity contribution < 1.29 is 0 Å². The highest BCUT2D eigenvalue weighted by molar-refractivity contribution is 6.10. The molecule has 1 atom stereocenters. The minimum absolute atomic E-state index is 0.285. The molecule has 0 radical (unpaired) electrons. The standard InChI is InChI=1S/C48H36N2/c1-3-12-35(13-4-1)37-22-28-41(29-23-37)49(42-30-24-38(25-31-42)36-14-5-2-6-15-36)43-32-26-39(27-33-43)40-16-11-17-44(34-40)50-47-20-9-7-18-45(47)46-19-8-10-21-48(46)50/h1-33,40H,34H2. The van der Waals surface area contributed by atoms with E-state index < -0.39 is 0 Å². The van der Waals surface area contributed by atoms with Crippen LogP contribution in [0.3, 0.4) is 0 Å². The Balaban J connectivity index is 1.04. The molecule has 238 valence electrons. The zero-order chi connectivity index (χ0) is 33.3. The van der Waals surface area contributed by atoms with Gasteiger partial charge in [-0.3, -0.25) is 0 Å². The van der Waals surface area contributed by atoms with Gasteiger partial charge in [-0.05, 0) is 88.8 Å². The monoisotopic (exact) mass is 640 g/mol. The van der Waals surface area contributed by atoms with Crippen molar-refractivity contribution in [1.82, 2.24) is 4.57 Å². The van der Waals surface area contributed by atoms with Gasteiger partial charge in [-0.15, -0.1) is 0 Å². The van der Waals surface area contributed by atoms with Gasteiger partial charge in [0, 0.05) is 39.4 Å². The van der Waals surface area contributed by atoms with Gasteiger partial charge in [-0.1, -0.05) is 146 Å². The molecule has 0 spiro atoms. The van der Waals surface area contributed by atoms with E-state index in [0.29, 0.717) is 0 Å². The summed E-state index contributed by atoms with van der Waals surface area (Å²) in [7, 11) is 0. The maximum atomic E-state index is 2.45. The van der Waals surface area contributed by atoms with Gasteiger partial charge >= 0.3 is 0 Å². The minimum Gasteiger partial charge on any atom is -0.313 e. The zero-order valence-electron chi connectivity index (χ0n) is 27.7. The summed E-state index contributed by atoms with van der Waals surface area (Å²) in [5.74, 6) is 0.285. The molecule has 1 aromatic heterocycles. The summed E-state index contributed by atoms with van der Waals surface area (Å²) in [6, 6.07) is 65.6. The third kappa shape index (κ3) is 5.51. The molecule has 1 heterocycles. The fraction of sp³-hybridized carbons (Fsp3) is 0.0417. The van der Waals surface area contributed by atoms with Crippen LogP contribution in [0.4, 0.5) is 17.1 Å². The normalized spacial score (nSPS) is 14.2. The summed E-state index contributed by atoms with van der Waals surface area (Å²) in [5, 5.41) is 2.60. The second-order valence-corrected chi connectivity index (χ2v) is 13.0. The van der Waals surface area contributed by atoms with Gasteiger partial charge in [0.25, 0.3) is 0 Å². The molecule has 50 heavy (non-hydrogen) atoms. The van der Waals surface area contributed by atoms with Crippen molar-refractivity contribution in [1.29, 1.82) is 0 Å². The smallest absolute Gasteiger partial charge is 0.0537 e. The molecule has 0 saturated carbocycles. The van der Waals surface area contributed by atoms with Crippen LogP contribution in [-0.4, -0.2) is 4.57 Å². The number of rotatable bonds is 7. The average molecular weight is 641 g/mol. The van der Waals surface area contributed by atoms with Crippen molar-refractivity contribution in [2.75, 3.05) is 4.90 Å². The van der Waals surface area contributed by atoms with Crippen LogP contribution in [0.5, 0.6) is 0 Å². The van der Waals surface area contributed by atoms with Gasteiger partial charge in [-0.2, -0.15) is 0 Å². The maximum absolute atomic E-state index is 2.45. The predicted octanol–water partition coefficient (Wildman–Crippen LogP) is 13.2. The van der Waals surface area contributed by atoms with Gasteiger partial charge in [0.05, 0.1) is 11.0 Å². The predicted molar refractivity (Wildman–Crippen MR) is 212 cm³/mol. The van der Waals surface area contributed by atoms with E-state index in [1.165, 1.54) is 55.3 Å². The second kappa shape index (κ2) is 12.9. The Morgan fingerprint density at radius 2 is 0.840 bits per heavy atom. The lowest BCUT2D eigenvalue weighted by molar-refractivity contribution is 0.837. The number of hydrogen-bond donors (Lipinski definition) is 0. The lowest BCUT2D eigenvalue weighted by Gasteiger charge is -2.27. The molecule has 1 unspecified atom stereocenters. The van der Waals surface area contributed by atoms with E-state index in [-0.39, 0.29) is 5.92 Å². The first-order valence-electron chi connectivity index (χ1n) is 17.4. The van der Waals surface area contributed by atoms with E-state index in [1.54, 1.807) is 0 Å². The van der Waals surface area contributed by atoms with Crippen molar-refractivity contribution in [2.45, 2.75) is 12.3 Å². The lowest BCUT2D eigenvalue weighted by atomic mass is 9.90. The van der Waals surface area contributed by atoms with Crippen molar-refractivity contribution in [3.05, 3.63) is 206 Å². The number of allylic oxidation sites excluding steroid dienone is 4. The van der Waals surface area contributed by atoms with E-state index in [1.807, 2.05) is 0 Å². The molecule has 2 heteroatoms. The quantitative estimate of drug-likeness (QED) is 0.168. The molecule has 1 aliphatic carbocycles. The van der Waals surface area contributed by atoms with Crippen molar-refractivity contribution in [3.8, 4) is 22.3 Å². The van der Waals surface area contributed by atoms with Gasteiger partial charge in [-0.25, -0.2) is 0 Å². The van der Waals surface area contributed by atoms with Crippen molar-refractivity contribution >= 4 is 44.6 Å². The van der Waals surface area contributed by atoms with Crippen LogP contribution in [0.1, 0.15) is 17.9 Å². The molecule has 0 aliphatic heterocycles. The maximum Gasteiger partial charge on any atom is 0.0537 e. The Hall–Kier alpha value is -6.38. The molecular weight excluding hydrogens is 605 g/mol. The number of nitrogens with zero attached hydrogens (tertiary/aromatic N) is 2. The molecule has 9 rings (SSSR count). The summed E-state index contributed by atoms with van der Waals surface area (Å²) in [6.07, 6.45) is 7.79. The molecule has 0 saturated heterocycles. The number of anilines is 3. The first-order chi connectivity index (χ1) is 24.8. The molecule has 7 aromatic carbocycles. The Kier molecular flexibility index (Phi) is 7.68. The first kappa shape index (κ1) is 29.7. The van der Waals surface area contributed by atoms with Crippen LogP contribution >= 0.6 is 0 Å². The Labute approximate surface area is 293 Å². The molecular formula is C48H36N2. The molecule has 0 bridgehead atoms. The van der Waals surface area contributed by atoms with Crippen LogP contribution in [-0.2, 0) is 0 Å². The van der Waals surface area contributed by atoms with Crippen LogP contribution in [0.25, 0.3) is 49.8 Å². The third-order valence-electron chi connectivity index (χ3n) is 9.97. The highest BCUT2D eigenvalue weighted by Crippen LogP contribution is 2.40. The number of hydrogen-bond acceptors (Lipinski definition) is 1. The fourth-order valence-electron chi connectivity index (χ4n) is 7.47. The zero-order valence-corrected chi connectivity index (χ0v) is 27.7. The Bertz CT molecular complexity index is 2330. The van der Waals surface area contributed by atoms with Crippen molar-refractivity contribution in [2.24, 2.45) is 0 Å². The number of benzene rings is 7. The summed E-state index contributed by atoms with van der Waals surface area (Å²) in [6.45, 7) is 0. The van der Waals surface area contributed by atoms with E-state index in [2.05, 4.69) is 210 Å². The van der Waals surface area contributed by atoms with Crippen molar-refractivity contribution in [3.63, 3.8) is 0 Å². The molecule has 0 N–H and O–H groups in total. The lowest BCUT2D eigenvalue weighted by Crippen LogP contribution is -2.10. The number of para-hydroxylation sites is 2. The number of aromatic nitrogens is 1. The van der Waals surface area contributed by atoms with Gasteiger partial charge in [0.15, 0.2) is 0 Å². The van der Waals surface area contributed by atoms with E-state index in [9.17, 15) is 0 Å². The Morgan fingerprint density at radius 1 is 0.420 bits per heavy atom. The van der Waals surface area contributed by atoms with E-state index in [4.69, 9.17) is 0 Å². The SMILES string of the molecule is C1=CC(c2ccc(N(c3ccc(-c4ccccc4)cc3)c3ccc(-c4ccccc4)cc3)cc2)CC(n2c3ccccc3c3ccccc32)=C1. The fourth-order valence-corrected chi connectivity index (χ4v) is 7.47. The third-order valence-corrected chi connectivity index (χ3v) is 9.97. The molecule has 0 fully saturated rings. The van der Waals surface area contributed by atoms with Crippen LogP contribution in [0.15, 0.2) is 200 Å². The van der Waals surface area contributed by atoms with E-state index >= 15 is 0 Å². The highest BCUT2D eigenvalue weighted by atomic mass is 15.1. The van der Waals surface area contributed by atoms with Gasteiger partial charge < -0.3 is 9.47 Å². The summed E-state index contributed by atoms with van der Waals surface area (Å²) in [4.78, 5) is 2.35. The van der Waals surface area contributed by atoms with Crippen LogP contribution < -0.4 is 4.90 Å². The Morgan fingerprint density at radius 3 is 1.34 bits per heavy atom. The molecule has 0 amide bonds. The largest absolute Gasteiger partial charge is 0.313 e. The summed E-state index contributed by atoms with van der Waals surface area (Å²) < 4.78 is 2.45. The van der Waals surface area contributed by atoms with Crippen LogP contribution in [0.2, 0.25) is 0 Å². The minimum atomic E-state index is 0.285. The van der Waals surface area contributed by atoms with Gasteiger partial charge in [0.2, 0.25) is 0 Å². The second-order valence-electron chi connectivity index (χ2n) is 13.0. The summed E-state index contributed by atoms with van der Waals surface area (Å²) >= 11 is 0. The summed E-state index contributed by atoms with van der Waals surface area (Å²) in [5.41, 5.74) is 13.4. The molecule has 1 aliphatic rings. The van der Waals surface area contributed by atoms with Crippen LogP contribution in [0, 0.1) is 0 Å². The highest BCUT2D eigenvalue weighted by Gasteiger charge is 2.20. The average Bonchev–Trinajstić information content (AvgIpc) is 3.54. The van der Waals surface area contributed by atoms with E-state index in [0.717, 1.165) is 23.5 Å². The molecule has 8 aromatic rings. The first-order valence-corrected chi connectivity index (χ1v) is 17.4. The topological polar surface area (TPSA) is 8.17 Å².